The van der Waals surface area contributed by atoms with E-state index in [1.165, 1.54) is 38.6 Å². The van der Waals surface area contributed by atoms with Crippen LogP contribution in [0.4, 0.5) is 19.0 Å². The lowest BCUT2D eigenvalue weighted by Gasteiger charge is -2.33. The number of aromatic carboxylic acids is 1. The molecule has 8 nitrogen and oxygen atoms in total. The number of rotatable bonds is 5. The maximum Gasteiger partial charge on any atom is 0.410 e. The summed E-state index contributed by atoms with van der Waals surface area (Å²) in [6, 6.07) is 6.66. The first-order valence-corrected chi connectivity index (χ1v) is 9.55. The molecule has 0 bridgehead atoms. The number of nitrogens with zero attached hydrogens (tertiary/aromatic N) is 3. The molecular formula is C21H19F3N4O4. The standard InChI is InChI=1S/C21H19F3N4O4/c1-31-16-4-3-11(8-17(16)32-2)13-9-18(21(22,23)24)28-19(26-13)10-14(27-28)12-5-6-25-15(7-12)20(29)30/h3-8,10,13,18,26H,9H2,1-2H3,(H,29,30). The highest BCUT2D eigenvalue weighted by Crippen LogP contribution is 2.45. The fourth-order valence-corrected chi connectivity index (χ4v) is 3.71. The van der Waals surface area contributed by atoms with Crippen LogP contribution in [0.1, 0.15) is 34.6 Å². The summed E-state index contributed by atoms with van der Waals surface area (Å²) in [4.78, 5) is 14.9. The van der Waals surface area contributed by atoms with Gasteiger partial charge in [-0.2, -0.15) is 18.3 Å². The zero-order chi connectivity index (χ0) is 23.0. The van der Waals surface area contributed by atoms with Crippen molar-refractivity contribution < 1.29 is 32.5 Å². The van der Waals surface area contributed by atoms with Gasteiger partial charge in [-0.25, -0.2) is 14.5 Å². The molecule has 3 heterocycles. The summed E-state index contributed by atoms with van der Waals surface area (Å²) >= 11 is 0. The third kappa shape index (κ3) is 3.93. The number of pyridine rings is 1. The first kappa shape index (κ1) is 21.5. The molecule has 0 saturated carbocycles. The van der Waals surface area contributed by atoms with Crippen LogP contribution in [-0.4, -0.2) is 46.2 Å². The number of halogens is 3. The molecule has 0 amide bonds. The first-order chi connectivity index (χ1) is 15.2. The van der Waals surface area contributed by atoms with Crippen molar-refractivity contribution >= 4 is 11.8 Å². The van der Waals surface area contributed by atoms with E-state index in [0.717, 1.165) is 4.68 Å². The number of anilines is 1. The molecule has 2 unspecified atom stereocenters. The van der Waals surface area contributed by atoms with Crippen molar-refractivity contribution in [3.05, 3.63) is 53.9 Å². The van der Waals surface area contributed by atoms with Gasteiger partial charge in [-0.3, -0.25) is 0 Å². The van der Waals surface area contributed by atoms with E-state index in [-0.39, 0.29) is 23.6 Å². The van der Waals surface area contributed by atoms with Crippen molar-refractivity contribution in [2.24, 2.45) is 0 Å². The summed E-state index contributed by atoms with van der Waals surface area (Å²) in [6.45, 7) is 0. The lowest BCUT2D eigenvalue weighted by molar-refractivity contribution is -0.173. The number of aromatic nitrogens is 3. The Morgan fingerprint density at radius 1 is 1.16 bits per heavy atom. The maximum atomic E-state index is 13.9. The van der Waals surface area contributed by atoms with E-state index in [1.54, 1.807) is 18.2 Å². The normalized spacial score (nSPS) is 17.9. The van der Waals surface area contributed by atoms with Gasteiger partial charge in [-0.1, -0.05) is 6.07 Å². The summed E-state index contributed by atoms with van der Waals surface area (Å²) in [5.41, 5.74) is 0.935. The van der Waals surface area contributed by atoms with E-state index < -0.39 is 24.2 Å². The number of alkyl halides is 3. The number of carbonyl (C=O) groups is 1. The number of nitrogens with one attached hydrogen (secondary N) is 1. The van der Waals surface area contributed by atoms with Crippen LogP contribution >= 0.6 is 0 Å². The summed E-state index contributed by atoms with van der Waals surface area (Å²) < 4.78 is 53.2. The minimum absolute atomic E-state index is 0.169. The van der Waals surface area contributed by atoms with Gasteiger partial charge in [0.2, 0.25) is 0 Å². The second-order valence-electron chi connectivity index (χ2n) is 7.20. The van der Waals surface area contributed by atoms with Gasteiger partial charge in [-0.05, 0) is 29.8 Å². The van der Waals surface area contributed by atoms with E-state index >= 15 is 0 Å². The average molecular weight is 448 g/mol. The van der Waals surface area contributed by atoms with Crippen LogP contribution in [0.5, 0.6) is 11.5 Å². The van der Waals surface area contributed by atoms with Crippen LogP contribution in [0.25, 0.3) is 11.3 Å². The molecule has 3 aromatic rings. The van der Waals surface area contributed by atoms with Crippen LogP contribution in [0.3, 0.4) is 0 Å². The lowest BCUT2D eigenvalue weighted by atomic mass is 9.96. The van der Waals surface area contributed by atoms with Crippen molar-refractivity contribution in [3.63, 3.8) is 0 Å². The Bertz CT molecular complexity index is 1160. The molecule has 0 spiro atoms. The molecule has 2 atom stereocenters. The molecule has 0 radical (unpaired) electrons. The van der Waals surface area contributed by atoms with Crippen LogP contribution < -0.4 is 14.8 Å². The number of fused-ring (bicyclic) bond motifs is 1. The molecule has 0 aliphatic carbocycles. The van der Waals surface area contributed by atoms with Crippen molar-refractivity contribution in [3.8, 4) is 22.8 Å². The van der Waals surface area contributed by atoms with Gasteiger partial charge in [-0.15, -0.1) is 0 Å². The molecule has 32 heavy (non-hydrogen) atoms. The summed E-state index contributed by atoms with van der Waals surface area (Å²) in [5, 5.41) is 16.4. The smallest absolute Gasteiger partial charge is 0.410 e. The molecule has 1 aliphatic heterocycles. The number of ether oxygens (including phenoxy) is 2. The Labute approximate surface area is 180 Å². The van der Waals surface area contributed by atoms with Crippen molar-refractivity contribution in [1.82, 2.24) is 14.8 Å². The number of carboxylic acid groups (broad SMARTS) is 1. The van der Waals surface area contributed by atoms with Crippen LogP contribution in [-0.2, 0) is 0 Å². The summed E-state index contributed by atoms with van der Waals surface area (Å²) in [5.74, 6) is -0.190. The zero-order valence-corrected chi connectivity index (χ0v) is 17.1. The van der Waals surface area contributed by atoms with Crippen molar-refractivity contribution in [2.45, 2.75) is 24.7 Å². The molecule has 11 heteroatoms. The topological polar surface area (TPSA) is 98.5 Å². The highest BCUT2D eigenvalue weighted by molar-refractivity contribution is 5.87. The maximum absolute atomic E-state index is 13.9. The predicted molar refractivity (Wildman–Crippen MR) is 108 cm³/mol. The van der Waals surface area contributed by atoms with Crippen molar-refractivity contribution in [1.29, 1.82) is 0 Å². The van der Waals surface area contributed by atoms with Gasteiger partial charge >= 0.3 is 12.1 Å². The number of carboxylic acids is 1. The Morgan fingerprint density at radius 3 is 2.56 bits per heavy atom. The quantitative estimate of drug-likeness (QED) is 0.600. The fraction of sp³-hybridized carbons (Fsp3) is 0.286. The molecular weight excluding hydrogens is 429 g/mol. The van der Waals surface area contributed by atoms with Gasteiger partial charge in [0.15, 0.2) is 17.5 Å². The molecule has 1 aromatic carbocycles. The van der Waals surface area contributed by atoms with E-state index in [4.69, 9.17) is 14.6 Å². The Balaban J connectivity index is 1.74. The van der Waals surface area contributed by atoms with Crippen LogP contribution in [0.2, 0.25) is 0 Å². The minimum Gasteiger partial charge on any atom is -0.493 e. The van der Waals surface area contributed by atoms with Gasteiger partial charge in [0.1, 0.15) is 11.5 Å². The molecule has 0 fully saturated rings. The van der Waals surface area contributed by atoms with Crippen molar-refractivity contribution in [2.75, 3.05) is 19.5 Å². The number of benzene rings is 1. The molecule has 2 N–H and O–H groups in total. The Morgan fingerprint density at radius 2 is 1.91 bits per heavy atom. The predicted octanol–water partition coefficient (Wildman–Crippen LogP) is 4.32. The number of hydrogen-bond acceptors (Lipinski definition) is 6. The van der Waals surface area contributed by atoms with Gasteiger partial charge in [0, 0.05) is 24.2 Å². The Hall–Kier alpha value is -3.76. The third-order valence-corrected chi connectivity index (χ3v) is 5.27. The second-order valence-corrected chi connectivity index (χ2v) is 7.20. The molecule has 0 saturated heterocycles. The second kappa shape index (κ2) is 8.06. The highest BCUT2D eigenvalue weighted by Gasteiger charge is 2.46. The van der Waals surface area contributed by atoms with E-state index in [2.05, 4.69) is 15.4 Å². The first-order valence-electron chi connectivity index (χ1n) is 9.55. The van der Waals surface area contributed by atoms with Gasteiger partial charge in [0.05, 0.1) is 26.0 Å². The van der Waals surface area contributed by atoms with Gasteiger partial charge < -0.3 is 19.9 Å². The largest absolute Gasteiger partial charge is 0.493 e. The van der Waals surface area contributed by atoms with Gasteiger partial charge in [0.25, 0.3) is 0 Å². The minimum atomic E-state index is -4.54. The Kier molecular flexibility index (Phi) is 5.41. The summed E-state index contributed by atoms with van der Waals surface area (Å²) in [7, 11) is 2.93. The van der Waals surface area contributed by atoms with E-state index in [0.29, 0.717) is 22.6 Å². The van der Waals surface area contributed by atoms with E-state index in [9.17, 15) is 18.0 Å². The average Bonchev–Trinajstić information content (AvgIpc) is 3.21. The fourth-order valence-electron chi connectivity index (χ4n) is 3.71. The molecule has 1 aliphatic rings. The summed E-state index contributed by atoms with van der Waals surface area (Å²) in [6.07, 6.45) is -3.55. The monoisotopic (exact) mass is 448 g/mol. The molecule has 2 aromatic heterocycles. The molecule has 168 valence electrons. The van der Waals surface area contributed by atoms with Crippen LogP contribution in [0, 0.1) is 0 Å². The molecule has 4 rings (SSSR count). The highest BCUT2D eigenvalue weighted by atomic mass is 19.4. The van der Waals surface area contributed by atoms with E-state index in [1.807, 2.05) is 0 Å². The SMILES string of the molecule is COc1ccc(C2CC(C(F)(F)F)n3nc(-c4ccnc(C(=O)O)c4)cc3N2)cc1OC. The number of methoxy groups -OCH3 is 2. The third-order valence-electron chi connectivity index (χ3n) is 5.27. The number of hydrogen-bond donors (Lipinski definition) is 2. The van der Waals surface area contributed by atoms with Crippen LogP contribution in [0.15, 0.2) is 42.6 Å². The lowest BCUT2D eigenvalue weighted by Crippen LogP contribution is -2.35. The zero-order valence-electron chi connectivity index (χ0n) is 17.1.